The normalized spacial score (nSPS) is 29.8. The van der Waals surface area contributed by atoms with E-state index < -0.39 is 0 Å². The maximum Gasteiger partial charge on any atom is 0.236 e. The van der Waals surface area contributed by atoms with Crippen LogP contribution in [0.2, 0.25) is 0 Å². The Labute approximate surface area is 104 Å². The lowest BCUT2D eigenvalue weighted by Gasteiger charge is -2.26. The summed E-state index contributed by atoms with van der Waals surface area (Å²) in [4.78, 5) is 16.6. The van der Waals surface area contributed by atoms with E-state index in [4.69, 9.17) is 0 Å². The van der Waals surface area contributed by atoms with Crippen molar-refractivity contribution in [3.8, 4) is 0 Å². The quantitative estimate of drug-likeness (QED) is 0.786. The van der Waals surface area contributed by atoms with Gasteiger partial charge in [0.25, 0.3) is 0 Å². The van der Waals surface area contributed by atoms with Gasteiger partial charge in [0.05, 0.1) is 6.54 Å². The average molecular weight is 239 g/mol. The number of fused-ring (bicyclic) bond motifs is 2. The summed E-state index contributed by atoms with van der Waals surface area (Å²) in [6.45, 7) is 6.49. The monoisotopic (exact) mass is 239 g/mol. The second kappa shape index (κ2) is 5.36. The molecule has 17 heavy (non-hydrogen) atoms. The van der Waals surface area contributed by atoms with Crippen molar-refractivity contribution in [2.24, 2.45) is 0 Å². The number of nitrogens with zero attached hydrogens (tertiary/aromatic N) is 2. The molecule has 0 saturated carbocycles. The molecular formula is C13H25N3O. The number of likely N-dealkylation sites (tertiary alicyclic amines) is 1. The Balaban J connectivity index is 1.88. The number of hydrogen-bond donors (Lipinski definition) is 1. The van der Waals surface area contributed by atoms with Gasteiger partial charge in [-0.15, -0.1) is 0 Å². The van der Waals surface area contributed by atoms with Crippen molar-refractivity contribution in [2.45, 2.75) is 51.2 Å². The molecule has 2 fully saturated rings. The largest absolute Gasteiger partial charge is 0.340 e. The fourth-order valence-electron chi connectivity index (χ4n) is 2.94. The van der Waals surface area contributed by atoms with Gasteiger partial charge < -0.3 is 10.2 Å². The van der Waals surface area contributed by atoms with E-state index >= 15 is 0 Å². The zero-order valence-electron chi connectivity index (χ0n) is 11.3. The van der Waals surface area contributed by atoms with E-state index in [1.807, 2.05) is 0 Å². The van der Waals surface area contributed by atoms with E-state index in [1.165, 1.54) is 12.8 Å². The molecule has 0 aromatic carbocycles. The van der Waals surface area contributed by atoms with Crippen LogP contribution in [0.4, 0.5) is 0 Å². The van der Waals surface area contributed by atoms with Gasteiger partial charge in [-0.1, -0.05) is 13.8 Å². The fraction of sp³-hybridized carbons (Fsp3) is 0.923. The van der Waals surface area contributed by atoms with Crippen LogP contribution in [0, 0.1) is 0 Å². The number of nitrogens with one attached hydrogen (secondary N) is 1. The van der Waals surface area contributed by atoms with Crippen molar-refractivity contribution >= 4 is 5.91 Å². The number of carbonyl (C=O) groups is 1. The Morgan fingerprint density at radius 2 is 2.00 bits per heavy atom. The molecule has 0 radical (unpaired) electrons. The minimum Gasteiger partial charge on any atom is -0.340 e. The zero-order chi connectivity index (χ0) is 12.4. The van der Waals surface area contributed by atoms with Crippen molar-refractivity contribution in [1.82, 2.24) is 15.1 Å². The van der Waals surface area contributed by atoms with Crippen LogP contribution in [0.5, 0.6) is 0 Å². The average Bonchev–Trinajstić information content (AvgIpc) is 2.50. The van der Waals surface area contributed by atoms with Crippen LogP contribution in [0.3, 0.4) is 0 Å². The summed E-state index contributed by atoms with van der Waals surface area (Å²) in [7, 11) is 2.21. The van der Waals surface area contributed by atoms with Crippen LogP contribution in [-0.4, -0.2) is 60.5 Å². The summed E-state index contributed by atoms with van der Waals surface area (Å²) in [6, 6.07) is 1.67. The molecule has 2 heterocycles. The third kappa shape index (κ3) is 2.99. The van der Waals surface area contributed by atoms with Gasteiger partial charge in [-0.25, -0.2) is 0 Å². The molecule has 2 aliphatic rings. The lowest BCUT2D eigenvalue weighted by molar-refractivity contribution is -0.130. The third-order valence-electron chi connectivity index (χ3n) is 4.16. The van der Waals surface area contributed by atoms with Crippen LogP contribution in [0.25, 0.3) is 0 Å². The standard InChI is InChI=1S/C13H25N3O/c1-10(2)14-8-13(17)16-7-6-11-4-5-12(9-16)15(11)3/h10-12,14H,4-9H2,1-3H3. The van der Waals surface area contributed by atoms with E-state index in [0.29, 0.717) is 24.7 Å². The molecule has 4 heteroatoms. The summed E-state index contributed by atoms with van der Waals surface area (Å²) >= 11 is 0. The van der Waals surface area contributed by atoms with Crippen molar-refractivity contribution in [3.63, 3.8) is 0 Å². The predicted molar refractivity (Wildman–Crippen MR) is 68.9 cm³/mol. The maximum atomic E-state index is 12.1. The van der Waals surface area contributed by atoms with Crippen molar-refractivity contribution in [2.75, 3.05) is 26.7 Å². The van der Waals surface area contributed by atoms with E-state index in [9.17, 15) is 4.79 Å². The topological polar surface area (TPSA) is 35.6 Å². The minimum absolute atomic E-state index is 0.264. The molecule has 0 spiro atoms. The van der Waals surface area contributed by atoms with E-state index in [-0.39, 0.29) is 5.91 Å². The lowest BCUT2D eigenvalue weighted by atomic mass is 10.1. The smallest absolute Gasteiger partial charge is 0.236 e. The molecule has 2 rings (SSSR count). The second-order valence-corrected chi connectivity index (χ2v) is 5.71. The molecular weight excluding hydrogens is 214 g/mol. The van der Waals surface area contributed by atoms with Gasteiger partial charge in [-0.2, -0.15) is 0 Å². The zero-order valence-corrected chi connectivity index (χ0v) is 11.3. The predicted octanol–water partition coefficient (Wildman–Crippen LogP) is 0.679. The van der Waals surface area contributed by atoms with Gasteiger partial charge in [-0.3, -0.25) is 9.69 Å². The molecule has 0 aromatic heterocycles. The Kier molecular flexibility index (Phi) is 4.05. The van der Waals surface area contributed by atoms with Crippen molar-refractivity contribution in [3.05, 3.63) is 0 Å². The van der Waals surface area contributed by atoms with Crippen LogP contribution in [-0.2, 0) is 4.79 Å². The van der Waals surface area contributed by atoms with Crippen LogP contribution >= 0.6 is 0 Å². The maximum absolute atomic E-state index is 12.1. The minimum atomic E-state index is 0.264. The first-order valence-electron chi connectivity index (χ1n) is 6.81. The second-order valence-electron chi connectivity index (χ2n) is 5.71. The Hall–Kier alpha value is -0.610. The van der Waals surface area contributed by atoms with E-state index in [2.05, 4.69) is 36.0 Å². The molecule has 0 aliphatic carbocycles. The van der Waals surface area contributed by atoms with Gasteiger partial charge in [0.1, 0.15) is 0 Å². The first-order chi connectivity index (χ1) is 8.08. The first kappa shape index (κ1) is 12.8. The molecule has 1 N–H and O–H groups in total. The summed E-state index contributed by atoms with van der Waals surface area (Å²) < 4.78 is 0. The first-order valence-corrected chi connectivity index (χ1v) is 6.81. The summed E-state index contributed by atoms with van der Waals surface area (Å²) in [5.41, 5.74) is 0. The summed E-state index contributed by atoms with van der Waals surface area (Å²) in [5, 5.41) is 3.21. The number of rotatable bonds is 3. The molecule has 2 bridgehead atoms. The van der Waals surface area contributed by atoms with Crippen LogP contribution < -0.4 is 5.32 Å². The van der Waals surface area contributed by atoms with Gasteiger partial charge in [-0.05, 0) is 26.3 Å². The molecule has 1 amide bonds. The number of likely N-dealkylation sites (N-methyl/N-ethyl adjacent to an activating group) is 1. The third-order valence-corrected chi connectivity index (χ3v) is 4.16. The van der Waals surface area contributed by atoms with Gasteiger partial charge >= 0.3 is 0 Å². The highest BCUT2D eigenvalue weighted by Gasteiger charge is 2.35. The Morgan fingerprint density at radius 1 is 1.29 bits per heavy atom. The summed E-state index contributed by atoms with van der Waals surface area (Å²) in [6.07, 6.45) is 3.70. The van der Waals surface area contributed by atoms with E-state index in [1.54, 1.807) is 0 Å². The lowest BCUT2D eigenvalue weighted by Crippen LogP contribution is -2.44. The molecule has 2 unspecified atom stereocenters. The van der Waals surface area contributed by atoms with Gasteiger partial charge in [0, 0.05) is 31.2 Å². The number of amides is 1. The van der Waals surface area contributed by atoms with Crippen LogP contribution in [0.15, 0.2) is 0 Å². The Bertz CT molecular complexity index is 280. The molecule has 98 valence electrons. The van der Waals surface area contributed by atoms with Crippen molar-refractivity contribution in [1.29, 1.82) is 0 Å². The fourth-order valence-corrected chi connectivity index (χ4v) is 2.94. The molecule has 0 aromatic rings. The molecule has 2 saturated heterocycles. The highest BCUT2D eigenvalue weighted by molar-refractivity contribution is 5.78. The van der Waals surface area contributed by atoms with Gasteiger partial charge in [0.2, 0.25) is 5.91 Å². The highest BCUT2D eigenvalue weighted by atomic mass is 16.2. The highest BCUT2D eigenvalue weighted by Crippen LogP contribution is 2.28. The van der Waals surface area contributed by atoms with Gasteiger partial charge in [0.15, 0.2) is 0 Å². The van der Waals surface area contributed by atoms with Crippen molar-refractivity contribution < 1.29 is 4.79 Å². The van der Waals surface area contributed by atoms with E-state index in [0.717, 1.165) is 19.5 Å². The molecule has 2 atom stereocenters. The molecule has 2 aliphatic heterocycles. The van der Waals surface area contributed by atoms with Crippen LogP contribution in [0.1, 0.15) is 33.1 Å². The summed E-state index contributed by atoms with van der Waals surface area (Å²) in [5.74, 6) is 0.264. The SMILES string of the molecule is CC(C)NCC(=O)N1CCC2CCC(C1)N2C. The number of hydrogen-bond acceptors (Lipinski definition) is 3. The molecule has 4 nitrogen and oxygen atoms in total. The Morgan fingerprint density at radius 3 is 2.71 bits per heavy atom. The number of carbonyl (C=O) groups excluding carboxylic acids is 1.